The van der Waals surface area contributed by atoms with Crippen molar-refractivity contribution in [2.45, 2.75) is 112 Å². The highest BCUT2D eigenvalue weighted by molar-refractivity contribution is 5.84. The lowest BCUT2D eigenvalue weighted by molar-refractivity contribution is -0.786. The fraction of sp³-hybridized carbons (Fsp3) is 0.273. The highest BCUT2D eigenvalue weighted by atomic mass is 15.5. The van der Waals surface area contributed by atoms with Gasteiger partial charge < -0.3 is 9.80 Å². The zero-order valence-corrected chi connectivity index (χ0v) is 43.7. The summed E-state index contributed by atoms with van der Waals surface area (Å²) in [4.78, 5) is 5.09. The van der Waals surface area contributed by atoms with Crippen LogP contribution in [0.5, 0.6) is 0 Å². The third-order valence-electron chi connectivity index (χ3n) is 16.4. The number of fused-ring (bicyclic) bond motifs is 9. The zero-order valence-electron chi connectivity index (χ0n) is 43.7. The number of anilines is 3. The van der Waals surface area contributed by atoms with Gasteiger partial charge in [-0.15, -0.1) is 18.7 Å². The van der Waals surface area contributed by atoms with Gasteiger partial charge in [-0.3, -0.25) is 0 Å². The highest BCUT2D eigenvalue weighted by Crippen LogP contribution is 2.46. The van der Waals surface area contributed by atoms with Gasteiger partial charge in [0.2, 0.25) is 6.04 Å². The van der Waals surface area contributed by atoms with Gasteiger partial charge in [-0.25, -0.2) is 0 Å². The Morgan fingerprint density at radius 2 is 1.03 bits per heavy atom. The average molecular weight is 945 g/mol. The summed E-state index contributed by atoms with van der Waals surface area (Å²) in [5, 5.41) is 0. The van der Waals surface area contributed by atoms with Gasteiger partial charge in [0.15, 0.2) is 18.4 Å². The van der Waals surface area contributed by atoms with Gasteiger partial charge in [-0.1, -0.05) is 108 Å². The first-order valence-electron chi connectivity index (χ1n) is 26.3. The van der Waals surface area contributed by atoms with E-state index in [4.69, 9.17) is 0 Å². The van der Waals surface area contributed by atoms with Crippen molar-refractivity contribution in [3.8, 4) is 33.9 Å². The minimum Gasteiger partial charge on any atom is -0.352 e. The number of aromatic nitrogens is 4. The number of nitrogens with zero attached hydrogens (tertiary/aromatic N) is 6. The van der Waals surface area contributed by atoms with Gasteiger partial charge in [-0.2, -0.15) is 0 Å². The summed E-state index contributed by atoms with van der Waals surface area (Å²) < 4.78 is 10.2. The predicted octanol–water partition coefficient (Wildman–Crippen LogP) is 13.9. The summed E-state index contributed by atoms with van der Waals surface area (Å²) in [6.45, 7) is 18.3. The van der Waals surface area contributed by atoms with E-state index in [9.17, 15) is 0 Å². The topological polar surface area (TPSA) is 24.1 Å². The lowest BCUT2D eigenvalue weighted by Crippen LogP contribution is -2.50. The molecular weight excluding hydrogens is 877 g/mol. The highest BCUT2D eigenvalue weighted by Gasteiger charge is 2.42. The van der Waals surface area contributed by atoms with Crippen LogP contribution in [0.3, 0.4) is 0 Å². The van der Waals surface area contributed by atoms with Crippen molar-refractivity contribution >= 4 is 17.1 Å². The van der Waals surface area contributed by atoms with Crippen LogP contribution in [0.4, 0.5) is 17.1 Å². The van der Waals surface area contributed by atoms with E-state index in [1.165, 1.54) is 123 Å². The van der Waals surface area contributed by atoms with E-state index < -0.39 is 0 Å². The first-order chi connectivity index (χ1) is 34.9. The van der Waals surface area contributed by atoms with Crippen LogP contribution >= 0.6 is 0 Å². The predicted molar refractivity (Wildman–Crippen MR) is 296 cm³/mol. The molecule has 72 heavy (non-hydrogen) atoms. The molecule has 0 N–H and O–H groups in total. The van der Waals surface area contributed by atoms with Crippen molar-refractivity contribution in [2.75, 3.05) is 16.8 Å². The van der Waals surface area contributed by atoms with Crippen molar-refractivity contribution in [3.05, 3.63) is 230 Å². The van der Waals surface area contributed by atoms with E-state index in [-0.39, 0.29) is 18.2 Å². The Kier molecular flexibility index (Phi) is 11.4. The molecule has 0 amide bonds. The molecule has 2 aliphatic heterocycles. The Labute approximate surface area is 427 Å². The largest absolute Gasteiger partial charge is 0.352 e. The first kappa shape index (κ1) is 45.7. The average Bonchev–Trinajstić information content (AvgIpc) is 4.12. The molecule has 0 saturated carbocycles. The van der Waals surface area contributed by atoms with Gasteiger partial charge in [0, 0.05) is 49.3 Å². The molecule has 7 aromatic carbocycles. The van der Waals surface area contributed by atoms with Gasteiger partial charge in [0.1, 0.15) is 28.9 Å². The second kappa shape index (κ2) is 18.0. The standard InChI is InChI=1S/C66H68N6/c1-42-33-45(4)65(46(5)34-42)61-29-31-68(49(8)37-64-67(9)59-19-12-13-20-60(59)70(64)56-18-11-10-15-44(56)3)71(61)57-27-25-52-23-21-50-16-14-17-51(38-50)22-24-53-26-28-58-55(40-53)63(41-54(57)39-52)69-32-30-62(72(58)69)66-47(6)35-43(2)36-48(66)7/h10-20,25-36,38-40,49,63-64H,21-24,37,41H2,1-9H3/q+2. The summed E-state index contributed by atoms with van der Waals surface area (Å²) in [5.41, 5.74) is 28.9. The Hall–Kier alpha value is -7.44. The van der Waals surface area contributed by atoms with Crippen LogP contribution in [0.25, 0.3) is 33.9 Å². The second-order valence-corrected chi connectivity index (χ2v) is 21.6. The van der Waals surface area contributed by atoms with E-state index in [0.29, 0.717) is 0 Å². The van der Waals surface area contributed by atoms with E-state index in [2.05, 4.69) is 249 Å². The third kappa shape index (κ3) is 7.78. The van der Waals surface area contributed by atoms with Crippen molar-refractivity contribution in [3.63, 3.8) is 0 Å². The molecule has 0 saturated heterocycles. The number of hydrogen-bond donors (Lipinski definition) is 0. The van der Waals surface area contributed by atoms with E-state index in [1.54, 1.807) is 0 Å². The SMILES string of the molecule is Cc1cc(C)c(-c2cc[n+](C(C)CC3N(C)c4ccccc4N3c3ccccc3C)n2-c2ccc3cc2CC2c4cc(ccc4-n4c(-c5c(C)cc(C)cc5C)cc[n+]42)CCc2cccc(c2)CC3)c(C)c1. The molecule has 4 heterocycles. The summed E-state index contributed by atoms with van der Waals surface area (Å²) in [5.74, 6) is 0. The number of hydrogen-bond acceptors (Lipinski definition) is 2. The fourth-order valence-electron chi connectivity index (χ4n) is 13.2. The molecule has 3 atom stereocenters. The van der Waals surface area contributed by atoms with Crippen LogP contribution in [0.15, 0.2) is 158 Å². The lowest BCUT2D eigenvalue weighted by Gasteiger charge is -2.32. The molecule has 6 heteroatoms. The van der Waals surface area contributed by atoms with Gasteiger partial charge in [-0.05, 0) is 166 Å². The summed E-state index contributed by atoms with van der Waals surface area (Å²) in [7, 11) is 2.28. The molecule has 0 radical (unpaired) electrons. The number of rotatable bonds is 7. The fourth-order valence-corrected chi connectivity index (χ4v) is 13.2. The van der Waals surface area contributed by atoms with Crippen molar-refractivity contribution < 1.29 is 9.36 Å². The Morgan fingerprint density at radius 3 is 1.67 bits per heavy atom. The molecule has 9 aromatic rings. The number of benzene rings is 7. The van der Waals surface area contributed by atoms with Crippen LogP contribution < -0.4 is 19.2 Å². The first-order valence-corrected chi connectivity index (χ1v) is 26.3. The minimum absolute atomic E-state index is 0.0842. The van der Waals surface area contributed by atoms with Gasteiger partial charge in [0.05, 0.1) is 23.4 Å². The Balaban J connectivity index is 1.04. The molecule has 12 rings (SSSR count). The summed E-state index contributed by atoms with van der Waals surface area (Å²) in [6.07, 6.45) is 10.6. The molecule has 0 fully saturated rings. The van der Waals surface area contributed by atoms with Crippen molar-refractivity contribution in [2.24, 2.45) is 0 Å². The van der Waals surface area contributed by atoms with Crippen LogP contribution in [0, 0.1) is 48.5 Å². The van der Waals surface area contributed by atoms with E-state index >= 15 is 0 Å². The molecule has 3 unspecified atom stereocenters. The van der Waals surface area contributed by atoms with Gasteiger partial charge in [0.25, 0.3) is 0 Å². The number of para-hydroxylation sites is 3. The maximum absolute atomic E-state index is 2.60. The lowest BCUT2D eigenvalue weighted by atomic mass is 9.93. The quantitative estimate of drug-likeness (QED) is 0.149. The molecule has 6 nitrogen and oxygen atoms in total. The molecule has 6 bridgehead atoms. The van der Waals surface area contributed by atoms with Crippen LogP contribution in [0.1, 0.15) is 97.8 Å². The second-order valence-electron chi connectivity index (χ2n) is 21.6. The molecule has 2 aromatic heterocycles. The molecule has 3 aliphatic rings. The van der Waals surface area contributed by atoms with E-state index in [0.717, 1.165) is 38.5 Å². The summed E-state index contributed by atoms with van der Waals surface area (Å²) in [6, 6.07) is 56.3. The monoisotopic (exact) mass is 945 g/mol. The van der Waals surface area contributed by atoms with E-state index in [1.807, 2.05) is 0 Å². The normalized spacial score (nSPS) is 16.3. The van der Waals surface area contributed by atoms with Crippen molar-refractivity contribution in [1.29, 1.82) is 0 Å². The molecule has 1 aliphatic carbocycles. The third-order valence-corrected chi connectivity index (χ3v) is 16.4. The van der Waals surface area contributed by atoms with Gasteiger partial charge >= 0.3 is 0 Å². The molecule has 360 valence electrons. The molecular formula is C66H68N6+2. The Bertz CT molecular complexity index is 3540. The zero-order chi connectivity index (χ0) is 49.5. The van der Waals surface area contributed by atoms with Crippen LogP contribution in [-0.4, -0.2) is 22.6 Å². The van der Waals surface area contributed by atoms with Crippen LogP contribution in [0.2, 0.25) is 0 Å². The summed E-state index contributed by atoms with van der Waals surface area (Å²) >= 11 is 0. The Morgan fingerprint density at radius 1 is 0.486 bits per heavy atom. The van der Waals surface area contributed by atoms with Crippen LogP contribution in [-0.2, 0) is 32.1 Å². The minimum atomic E-state index is 0.0842. The maximum atomic E-state index is 2.60. The maximum Gasteiger partial charge on any atom is 0.213 e. The smallest absolute Gasteiger partial charge is 0.213 e. The van der Waals surface area contributed by atoms with Crippen molar-refractivity contribution in [1.82, 2.24) is 9.36 Å². The molecule has 0 spiro atoms. The number of aryl methyl sites for hydroxylation is 11.